The predicted molar refractivity (Wildman–Crippen MR) is 90.2 cm³/mol. The topological polar surface area (TPSA) is 75.6 Å². The third kappa shape index (κ3) is 3.11. The number of thiazole rings is 1. The van der Waals surface area contributed by atoms with Crippen molar-refractivity contribution in [3.05, 3.63) is 35.0 Å². The van der Waals surface area contributed by atoms with Crippen LogP contribution in [0.2, 0.25) is 0 Å². The molecule has 2 saturated heterocycles. The van der Waals surface area contributed by atoms with E-state index in [9.17, 15) is 4.79 Å². The van der Waals surface area contributed by atoms with Crippen molar-refractivity contribution in [1.29, 1.82) is 0 Å². The van der Waals surface area contributed by atoms with Crippen molar-refractivity contribution in [2.75, 3.05) is 13.2 Å². The van der Waals surface area contributed by atoms with Crippen LogP contribution in [0.15, 0.2) is 34.4 Å². The summed E-state index contributed by atoms with van der Waals surface area (Å²) in [6.45, 7) is 1.41. The number of aromatic nitrogens is 1. The maximum absolute atomic E-state index is 12.1. The Bertz CT molecular complexity index is 805. The first kappa shape index (κ1) is 14.3. The quantitative estimate of drug-likeness (QED) is 0.826. The number of benzene rings is 1. The van der Waals surface area contributed by atoms with Gasteiger partial charge in [-0.25, -0.2) is 9.98 Å². The molecule has 1 atom stereocenters. The normalized spacial score (nSPS) is 25.0. The number of amides is 1. The Kier molecular flexibility index (Phi) is 3.80. The summed E-state index contributed by atoms with van der Waals surface area (Å²) in [6, 6.07) is 6.05. The smallest absolute Gasteiger partial charge is 0.274 e. The molecule has 4 rings (SSSR count). The lowest BCUT2D eigenvalue weighted by Crippen LogP contribution is -2.30. The maximum Gasteiger partial charge on any atom is 0.274 e. The summed E-state index contributed by atoms with van der Waals surface area (Å²) in [5.74, 6) is 0.348. The number of carbonyl (C=O) groups is 1. The van der Waals surface area contributed by atoms with E-state index in [1.807, 2.05) is 29.8 Å². The molecule has 2 aliphatic heterocycles. The summed E-state index contributed by atoms with van der Waals surface area (Å²) in [5.41, 5.74) is 4.26. The number of ether oxygens (including phenoxy) is 1. The van der Waals surface area contributed by atoms with Crippen molar-refractivity contribution in [3.63, 3.8) is 0 Å². The number of guanidine groups is 1. The summed E-state index contributed by atoms with van der Waals surface area (Å²) in [4.78, 5) is 20.9. The number of fused-ring (bicyclic) bond motifs is 1. The number of hydrogen-bond acceptors (Lipinski definition) is 5. The lowest BCUT2D eigenvalue weighted by atomic mass is 10.1. The first-order valence-electron chi connectivity index (χ1n) is 7.57. The molecule has 7 heteroatoms. The van der Waals surface area contributed by atoms with Gasteiger partial charge in [0.05, 0.1) is 28.4 Å². The average Bonchev–Trinajstić information content (AvgIpc) is 3.15. The lowest BCUT2D eigenvalue weighted by Gasteiger charge is -2.18. The van der Waals surface area contributed by atoms with E-state index in [4.69, 9.17) is 4.74 Å². The fraction of sp³-hybridized carbons (Fsp3) is 0.312. The SMILES string of the molecule is O=C1NC(=NC2CCCOC2)N/C1=C\c1ccc2ncsc2c1. The van der Waals surface area contributed by atoms with E-state index in [0.717, 1.165) is 35.2 Å². The van der Waals surface area contributed by atoms with Crippen molar-refractivity contribution in [2.45, 2.75) is 18.9 Å². The highest BCUT2D eigenvalue weighted by molar-refractivity contribution is 7.16. The Morgan fingerprint density at radius 2 is 2.35 bits per heavy atom. The van der Waals surface area contributed by atoms with Gasteiger partial charge in [-0.3, -0.25) is 10.1 Å². The lowest BCUT2D eigenvalue weighted by molar-refractivity contribution is -0.115. The van der Waals surface area contributed by atoms with Crippen LogP contribution in [-0.4, -0.2) is 36.1 Å². The zero-order valence-corrected chi connectivity index (χ0v) is 13.2. The number of hydrogen-bond donors (Lipinski definition) is 2. The van der Waals surface area contributed by atoms with E-state index in [0.29, 0.717) is 18.3 Å². The second kappa shape index (κ2) is 6.10. The molecule has 2 aliphatic rings. The van der Waals surface area contributed by atoms with E-state index in [-0.39, 0.29) is 11.9 Å². The number of nitrogens with one attached hydrogen (secondary N) is 2. The molecular formula is C16H16N4O2S. The number of carbonyl (C=O) groups excluding carboxylic acids is 1. The Hall–Kier alpha value is -2.25. The minimum Gasteiger partial charge on any atom is -0.379 e. The first-order chi connectivity index (χ1) is 11.3. The Balaban J connectivity index is 1.54. The van der Waals surface area contributed by atoms with Crippen LogP contribution in [0, 0.1) is 0 Å². The second-order valence-electron chi connectivity index (χ2n) is 5.57. The van der Waals surface area contributed by atoms with Gasteiger partial charge in [-0.05, 0) is 36.6 Å². The highest BCUT2D eigenvalue weighted by Crippen LogP contribution is 2.20. The zero-order valence-electron chi connectivity index (χ0n) is 12.4. The van der Waals surface area contributed by atoms with Crippen LogP contribution in [0.5, 0.6) is 0 Å². The van der Waals surface area contributed by atoms with Gasteiger partial charge in [-0.2, -0.15) is 0 Å². The van der Waals surface area contributed by atoms with Gasteiger partial charge in [-0.15, -0.1) is 11.3 Å². The number of aliphatic imine (C=N–C) groups is 1. The van der Waals surface area contributed by atoms with Gasteiger partial charge in [0, 0.05) is 6.61 Å². The highest BCUT2D eigenvalue weighted by Gasteiger charge is 2.23. The van der Waals surface area contributed by atoms with Crippen LogP contribution in [0.3, 0.4) is 0 Å². The first-order valence-corrected chi connectivity index (χ1v) is 8.45. The van der Waals surface area contributed by atoms with Gasteiger partial charge >= 0.3 is 0 Å². The average molecular weight is 328 g/mol. The number of nitrogens with zero attached hydrogens (tertiary/aromatic N) is 2. The van der Waals surface area contributed by atoms with Crippen molar-refractivity contribution in [2.24, 2.45) is 4.99 Å². The third-order valence-corrected chi connectivity index (χ3v) is 4.64. The Morgan fingerprint density at radius 1 is 1.39 bits per heavy atom. The highest BCUT2D eigenvalue weighted by atomic mass is 32.1. The fourth-order valence-corrected chi connectivity index (χ4v) is 3.42. The molecule has 0 spiro atoms. The zero-order chi connectivity index (χ0) is 15.6. The summed E-state index contributed by atoms with van der Waals surface area (Å²) in [5, 5.41) is 5.83. The summed E-state index contributed by atoms with van der Waals surface area (Å²) < 4.78 is 6.51. The van der Waals surface area contributed by atoms with Crippen LogP contribution in [0.1, 0.15) is 18.4 Å². The molecule has 1 aromatic carbocycles. The molecule has 0 saturated carbocycles. The van der Waals surface area contributed by atoms with Gasteiger partial charge in [-0.1, -0.05) is 6.07 Å². The van der Waals surface area contributed by atoms with Gasteiger partial charge in [0.1, 0.15) is 5.70 Å². The minimum absolute atomic E-state index is 0.111. The monoisotopic (exact) mass is 328 g/mol. The molecule has 3 heterocycles. The minimum atomic E-state index is -0.162. The molecule has 2 aromatic rings. The van der Waals surface area contributed by atoms with Gasteiger partial charge in [0.2, 0.25) is 5.96 Å². The van der Waals surface area contributed by atoms with E-state index in [1.165, 1.54) is 0 Å². The summed E-state index contributed by atoms with van der Waals surface area (Å²) in [6.07, 6.45) is 3.82. The third-order valence-electron chi connectivity index (χ3n) is 3.84. The van der Waals surface area contributed by atoms with E-state index in [1.54, 1.807) is 11.3 Å². The predicted octanol–water partition coefficient (Wildman–Crippen LogP) is 1.89. The molecule has 1 unspecified atom stereocenters. The molecule has 2 N–H and O–H groups in total. The van der Waals surface area contributed by atoms with Crippen molar-refractivity contribution >= 4 is 39.5 Å². The van der Waals surface area contributed by atoms with Crippen LogP contribution < -0.4 is 10.6 Å². The van der Waals surface area contributed by atoms with Gasteiger partial charge in [0.25, 0.3) is 5.91 Å². The van der Waals surface area contributed by atoms with Gasteiger partial charge < -0.3 is 10.1 Å². The van der Waals surface area contributed by atoms with E-state index >= 15 is 0 Å². The molecule has 118 valence electrons. The Labute approximate surface area is 137 Å². The van der Waals surface area contributed by atoms with Crippen molar-refractivity contribution in [1.82, 2.24) is 15.6 Å². The molecule has 2 fully saturated rings. The molecule has 23 heavy (non-hydrogen) atoms. The molecule has 0 radical (unpaired) electrons. The summed E-state index contributed by atoms with van der Waals surface area (Å²) in [7, 11) is 0. The van der Waals surface area contributed by atoms with Gasteiger partial charge in [0.15, 0.2) is 0 Å². The Morgan fingerprint density at radius 3 is 3.22 bits per heavy atom. The van der Waals surface area contributed by atoms with Crippen molar-refractivity contribution < 1.29 is 9.53 Å². The second-order valence-corrected chi connectivity index (χ2v) is 6.45. The molecule has 6 nitrogen and oxygen atoms in total. The molecule has 0 bridgehead atoms. The molecular weight excluding hydrogens is 312 g/mol. The summed E-state index contributed by atoms with van der Waals surface area (Å²) >= 11 is 1.59. The molecule has 1 aromatic heterocycles. The standard InChI is InChI=1S/C16H16N4O2S/c21-15-13(6-10-3-4-12-14(7-10)23-9-17-12)19-16(20-15)18-11-2-1-5-22-8-11/h3-4,6-7,9,11H,1-2,5,8H2,(H2,18,19,20,21)/b13-6-. The number of rotatable bonds is 2. The van der Waals surface area contributed by atoms with Crippen molar-refractivity contribution in [3.8, 4) is 0 Å². The van der Waals surface area contributed by atoms with Crippen LogP contribution in [-0.2, 0) is 9.53 Å². The van der Waals surface area contributed by atoms with E-state index < -0.39 is 0 Å². The largest absolute Gasteiger partial charge is 0.379 e. The molecule has 0 aliphatic carbocycles. The van der Waals surface area contributed by atoms with Crippen LogP contribution in [0.25, 0.3) is 16.3 Å². The molecule has 1 amide bonds. The van der Waals surface area contributed by atoms with Crippen LogP contribution in [0.4, 0.5) is 0 Å². The fourth-order valence-electron chi connectivity index (χ4n) is 2.69. The maximum atomic E-state index is 12.1. The van der Waals surface area contributed by atoms with E-state index in [2.05, 4.69) is 20.6 Å². The van der Waals surface area contributed by atoms with Crippen LogP contribution >= 0.6 is 11.3 Å².